The zero-order valence-electron chi connectivity index (χ0n) is 10.5. The van der Waals surface area contributed by atoms with Crippen LogP contribution >= 0.6 is 11.3 Å². The molecule has 1 aliphatic carbocycles. The number of carboxylic acid groups (broad SMARTS) is 1. The maximum absolute atomic E-state index is 12.0. The van der Waals surface area contributed by atoms with Crippen LogP contribution in [-0.2, 0) is 9.59 Å². The van der Waals surface area contributed by atoms with Crippen molar-refractivity contribution in [1.82, 2.24) is 10.3 Å². The number of nitrogens with zero attached hydrogens (tertiary/aromatic N) is 1. The van der Waals surface area contributed by atoms with Crippen molar-refractivity contribution in [3.8, 4) is 0 Å². The molecule has 1 aliphatic rings. The summed E-state index contributed by atoms with van der Waals surface area (Å²) in [6, 6.07) is -0.177. The van der Waals surface area contributed by atoms with Crippen molar-refractivity contribution in [3.05, 3.63) is 16.6 Å². The molecule has 0 bridgehead atoms. The number of nitrogens with one attached hydrogen (secondary N) is 1. The Bertz CT molecular complexity index is 470. The van der Waals surface area contributed by atoms with Crippen LogP contribution in [-0.4, -0.2) is 22.0 Å². The molecule has 1 aromatic heterocycles. The van der Waals surface area contributed by atoms with Crippen molar-refractivity contribution in [2.75, 3.05) is 0 Å². The number of carbonyl (C=O) groups excluding carboxylic acids is 1. The van der Waals surface area contributed by atoms with Crippen LogP contribution in [0.4, 0.5) is 0 Å². The van der Waals surface area contributed by atoms with Gasteiger partial charge in [-0.15, -0.1) is 11.3 Å². The molecule has 1 unspecified atom stereocenters. The zero-order chi connectivity index (χ0) is 13.5. The molecule has 98 valence electrons. The smallest absolute Gasteiger partial charge is 0.307 e. The van der Waals surface area contributed by atoms with E-state index < -0.39 is 23.2 Å². The monoisotopic (exact) mass is 268 g/mol. The van der Waals surface area contributed by atoms with E-state index in [-0.39, 0.29) is 11.9 Å². The standard InChI is InChI=1S/C12H16N2O3S/c1-6(10-13-4-5-18-10)14-9(15)7-8(11(16)17)12(7,2)3/h4-8H,1-3H3,(H,14,15)(H,16,17)/t6?,7-,8+/m1/s1. The Labute approximate surface area is 109 Å². The van der Waals surface area contributed by atoms with Crippen LogP contribution in [0.15, 0.2) is 11.6 Å². The first-order chi connectivity index (χ1) is 8.35. The van der Waals surface area contributed by atoms with Gasteiger partial charge in [0.2, 0.25) is 5.91 Å². The molecule has 1 fully saturated rings. The van der Waals surface area contributed by atoms with E-state index in [2.05, 4.69) is 10.3 Å². The second kappa shape index (κ2) is 4.35. The summed E-state index contributed by atoms with van der Waals surface area (Å²) in [5.41, 5.74) is -0.460. The largest absolute Gasteiger partial charge is 0.481 e. The van der Waals surface area contributed by atoms with Gasteiger partial charge < -0.3 is 10.4 Å². The predicted octanol–water partition coefficient (Wildman–Crippen LogP) is 1.68. The van der Waals surface area contributed by atoms with Gasteiger partial charge in [0.1, 0.15) is 5.01 Å². The summed E-state index contributed by atoms with van der Waals surface area (Å²) in [5, 5.41) is 14.5. The van der Waals surface area contributed by atoms with Crippen LogP contribution in [0.5, 0.6) is 0 Å². The van der Waals surface area contributed by atoms with Crippen molar-refractivity contribution in [2.24, 2.45) is 17.3 Å². The molecule has 2 rings (SSSR count). The normalized spacial score (nSPS) is 26.4. The van der Waals surface area contributed by atoms with Crippen LogP contribution in [0, 0.1) is 17.3 Å². The highest BCUT2D eigenvalue weighted by Crippen LogP contribution is 2.58. The third-order valence-electron chi connectivity index (χ3n) is 3.56. The van der Waals surface area contributed by atoms with E-state index in [9.17, 15) is 9.59 Å². The summed E-state index contributed by atoms with van der Waals surface area (Å²) in [4.78, 5) is 27.2. The molecule has 0 aromatic carbocycles. The first-order valence-corrected chi connectivity index (χ1v) is 6.66. The van der Waals surface area contributed by atoms with Gasteiger partial charge in [-0.2, -0.15) is 0 Å². The maximum Gasteiger partial charge on any atom is 0.307 e. The SMILES string of the molecule is CC(NC(=O)[C@H]1[C@@H](C(=O)O)C1(C)C)c1nccs1. The number of aliphatic carboxylic acids is 1. The van der Waals surface area contributed by atoms with Crippen LogP contribution < -0.4 is 5.32 Å². The summed E-state index contributed by atoms with van der Waals surface area (Å²) in [6.45, 7) is 5.47. The second-order valence-corrected chi connectivity index (χ2v) is 6.14. The van der Waals surface area contributed by atoms with Crippen LogP contribution in [0.3, 0.4) is 0 Å². The molecule has 0 spiro atoms. The summed E-state index contributed by atoms with van der Waals surface area (Å²) in [5.74, 6) is -2.13. The molecule has 1 heterocycles. The Kier molecular flexibility index (Phi) is 3.14. The number of aromatic nitrogens is 1. The van der Waals surface area contributed by atoms with Gasteiger partial charge in [-0.05, 0) is 12.3 Å². The average molecular weight is 268 g/mol. The molecule has 18 heavy (non-hydrogen) atoms. The lowest BCUT2D eigenvalue weighted by atomic mass is 10.1. The Morgan fingerprint density at radius 3 is 2.61 bits per heavy atom. The Morgan fingerprint density at radius 2 is 2.17 bits per heavy atom. The minimum atomic E-state index is -0.901. The van der Waals surface area contributed by atoms with E-state index >= 15 is 0 Å². The maximum atomic E-state index is 12.0. The van der Waals surface area contributed by atoms with Crippen LogP contribution in [0.1, 0.15) is 31.8 Å². The Morgan fingerprint density at radius 1 is 1.50 bits per heavy atom. The lowest BCUT2D eigenvalue weighted by Crippen LogP contribution is -2.29. The summed E-state index contributed by atoms with van der Waals surface area (Å²) < 4.78 is 0. The number of rotatable bonds is 4. The van der Waals surface area contributed by atoms with Crippen LogP contribution in [0.25, 0.3) is 0 Å². The lowest BCUT2D eigenvalue weighted by molar-refractivity contribution is -0.140. The molecule has 6 heteroatoms. The molecule has 0 aliphatic heterocycles. The van der Waals surface area contributed by atoms with Crippen molar-refractivity contribution in [1.29, 1.82) is 0 Å². The summed E-state index contributed by atoms with van der Waals surface area (Å²) in [6.07, 6.45) is 1.68. The minimum absolute atomic E-state index is 0.177. The van der Waals surface area contributed by atoms with Crippen molar-refractivity contribution in [3.63, 3.8) is 0 Å². The molecule has 0 saturated heterocycles. The topological polar surface area (TPSA) is 79.3 Å². The van der Waals surface area contributed by atoms with E-state index in [0.29, 0.717) is 0 Å². The molecule has 1 aromatic rings. The average Bonchev–Trinajstić information content (AvgIpc) is 2.67. The van der Waals surface area contributed by atoms with E-state index in [1.807, 2.05) is 26.2 Å². The van der Waals surface area contributed by atoms with Gasteiger partial charge in [0.25, 0.3) is 0 Å². The van der Waals surface area contributed by atoms with Gasteiger partial charge in [-0.1, -0.05) is 13.8 Å². The highest BCUT2D eigenvalue weighted by atomic mass is 32.1. The number of carboxylic acids is 1. The number of hydrogen-bond acceptors (Lipinski definition) is 4. The number of carbonyl (C=O) groups is 2. The molecule has 5 nitrogen and oxygen atoms in total. The van der Waals surface area contributed by atoms with Crippen molar-refractivity contribution in [2.45, 2.75) is 26.8 Å². The molecule has 2 N–H and O–H groups in total. The first-order valence-electron chi connectivity index (χ1n) is 5.78. The van der Waals surface area contributed by atoms with Gasteiger partial charge in [-0.3, -0.25) is 9.59 Å². The van der Waals surface area contributed by atoms with E-state index in [0.717, 1.165) is 5.01 Å². The van der Waals surface area contributed by atoms with Crippen molar-refractivity contribution >= 4 is 23.2 Å². The third kappa shape index (κ3) is 2.12. The highest BCUT2D eigenvalue weighted by Gasteiger charge is 2.65. The second-order valence-electron chi connectivity index (χ2n) is 5.22. The van der Waals surface area contributed by atoms with Crippen LogP contribution in [0.2, 0.25) is 0 Å². The number of amides is 1. The molecule has 3 atom stereocenters. The zero-order valence-corrected chi connectivity index (χ0v) is 11.3. The van der Waals surface area contributed by atoms with Gasteiger partial charge in [0.05, 0.1) is 17.9 Å². The first kappa shape index (κ1) is 13.0. The summed E-state index contributed by atoms with van der Waals surface area (Å²) in [7, 11) is 0. The fourth-order valence-corrected chi connectivity index (χ4v) is 3.05. The molecular weight excluding hydrogens is 252 g/mol. The fraction of sp³-hybridized carbons (Fsp3) is 0.583. The Hall–Kier alpha value is -1.43. The summed E-state index contributed by atoms with van der Waals surface area (Å²) >= 11 is 1.47. The molecule has 0 radical (unpaired) electrons. The molecule has 1 amide bonds. The van der Waals surface area contributed by atoms with Crippen molar-refractivity contribution < 1.29 is 14.7 Å². The minimum Gasteiger partial charge on any atom is -0.481 e. The van der Waals surface area contributed by atoms with Gasteiger partial charge in [-0.25, -0.2) is 4.98 Å². The molecule has 1 saturated carbocycles. The van der Waals surface area contributed by atoms with Gasteiger partial charge in [0.15, 0.2) is 0 Å². The fourth-order valence-electron chi connectivity index (χ4n) is 2.40. The predicted molar refractivity (Wildman–Crippen MR) is 67.1 cm³/mol. The lowest BCUT2D eigenvalue weighted by Gasteiger charge is -2.11. The quantitative estimate of drug-likeness (QED) is 0.870. The van der Waals surface area contributed by atoms with E-state index in [1.54, 1.807) is 6.20 Å². The Balaban J connectivity index is 2.00. The number of hydrogen-bond donors (Lipinski definition) is 2. The van der Waals surface area contributed by atoms with Gasteiger partial charge >= 0.3 is 5.97 Å². The van der Waals surface area contributed by atoms with E-state index in [4.69, 9.17) is 5.11 Å². The molecular formula is C12H16N2O3S. The van der Waals surface area contributed by atoms with E-state index in [1.165, 1.54) is 11.3 Å². The van der Waals surface area contributed by atoms with Gasteiger partial charge in [0, 0.05) is 11.6 Å². The third-order valence-corrected chi connectivity index (χ3v) is 4.51. The number of thiazole rings is 1. The highest BCUT2D eigenvalue weighted by molar-refractivity contribution is 7.09.